The van der Waals surface area contributed by atoms with Gasteiger partial charge in [0.15, 0.2) is 5.75 Å². The fourth-order valence-electron chi connectivity index (χ4n) is 4.96. The van der Waals surface area contributed by atoms with Crippen molar-refractivity contribution in [1.29, 1.82) is 0 Å². The van der Waals surface area contributed by atoms with Gasteiger partial charge in [-0.25, -0.2) is 4.79 Å². The van der Waals surface area contributed by atoms with Gasteiger partial charge in [-0.2, -0.15) is 0 Å². The molecule has 4 aromatic rings. The van der Waals surface area contributed by atoms with Gasteiger partial charge in [0.25, 0.3) is 0 Å². The van der Waals surface area contributed by atoms with Crippen molar-refractivity contribution in [3.63, 3.8) is 0 Å². The molecule has 7 heteroatoms. The number of carbonyl (C=O) groups excluding carboxylic acids is 1. The zero-order valence-electron chi connectivity index (χ0n) is 20.8. The molecule has 3 heterocycles. The molecule has 0 radical (unpaired) electrons. The Balaban J connectivity index is 1.25. The van der Waals surface area contributed by atoms with E-state index >= 15 is 0 Å². The van der Waals surface area contributed by atoms with Gasteiger partial charge in [0.2, 0.25) is 0 Å². The molecule has 6 rings (SSSR count). The molecule has 37 heavy (non-hydrogen) atoms. The topological polar surface area (TPSA) is 66.0 Å². The van der Waals surface area contributed by atoms with Crippen LogP contribution in [0.3, 0.4) is 0 Å². The summed E-state index contributed by atoms with van der Waals surface area (Å²) in [4.78, 5) is 12.9. The van der Waals surface area contributed by atoms with Crippen LogP contribution in [0.25, 0.3) is 20.5 Å². The molecule has 0 aliphatic carbocycles. The maximum Gasteiger partial charge on any atom is 0.338 e. The van der Waals surface area contributed by atoms with Gasteiger partial charge in [-0.3, -0.25) is 0 Å². The number of rotatable bonds is 8. The first-order valence-electron chi connectivity index (χ1n) is 12.7. The lowest BCUT2D eigenvalue weighted by molar-refractivity contribution is 0.0535. The SMILES string of the molecule is COc1ccc2c(Oc3ccc(OCCC4CCCCN4)cc3)c(-c3ccc4c(c3)COC4=O)sc2c1. The third kappa shape index (κ3) is 5.02. The second-order valence-corrected chi connectivity index (χ2v) is 10.5. The van der Waals surface area contributed by atoms with Gasteiger partial charge >= 0.3 is 5.97 Å². The summed E-state index contributed by atoms with van der Waals surface area (Å²) in [6.45, 7) is 2.11. The molecule has 2 aliphatic heterocycles. The highest BCUT2D eigenvalue weighted by atomic mass is 32.1. The summed E-state index contributed by atoms with van der Waals surface area (Å²) in [5.41, 5.74) is 2.51. The van der Waals surface area contributed by atoms with Crippen LogP contribution in [0.15, 0.2) is 60.7 Å². The molecule has 2 aliphatic rings. The lowest BCUT2D eigenvalue weighted by Gasteiger charge is -2.23. The normalized spacial score (nSPS) is 16.9. The van der Waals surface area contributed by atoms with Crippen LogP contribution in [0.2, 0.25) is 0 Å². The fourth-order valence-corrected chi connectivity index (χ4v) is 6.11. The molecule has 1 N–H and O–H groups in total. The van der Waals surface area contributed by atoms with Crippen molar-refractivity contribution in [2.45, 2.75) is 38.3 Å². The Kier molecular flexibility index (Phi) is 6.72. The molecule has 1 atom stereocenters. The molecule has 1 aromatic heterocycles. The number of hydrogen-bond acceptors (Lipinski definition) is 7. The Morgan fingerprint density at radius 1 is 1.00 bits per heavy atom. The van der Waals surface area contributed by atoms with E-state index in [-0.39, 0.29) is 5.97 Å². The molecule has 0 amide bonds. The summed E-state index contributed by atoms with van der Waals surface area (Å²) in [7, 11) is 1.67. The van der Waals surface area contributed by atoms with E-state index in [4.69, 9.17) is 18.9 Å². The number of fused-ring (bicyclic) bond motifs is 2. The number of benzene rings is 3. The molecule has 190 valence electrons. The molecule has 6 nitrogen and oxygen atoms in total. The molecule has 0 spiro atoms. The van der Waals surface area contributed by atoms with Crippen LogP contribution in [-0.4, -0.2) is 32.3 Å². The molecule has 1 fully saturated rings. The number of thiophene rings is 1. The van der Waals surface area contributed by atoms with Crippen molar-refractivity contribution in [3.05, 3.63) is 71.8 Å². The van der Waals surface area contributed by atoms with Gasteiger partial charge < -0.3 is 24.3 Å². The number of esters is 1. The van der Waals surface area contributed by atoms with E-state index in [1.165, 1.54) is 19.3 Å². The zero-order valence-corrected chi connectivity index (χ0v) is 21.6. The fraction of sp³-hybridized carbons (Fsp3) is 0.300. The first-order chi connectivity index (χ1) is 18.2. The Morgan fingerprint density at radius 2 is 1.84 bits per heavy atom. The standard InChI is InChI=1S/C30H29NO5S/c1-33-24-10-12-26-27(17-24)37-29(19-5-11-25-20(16-19)18-35-30(25)32)28(26)36-23-8-6-22(7-9-23)34-15-13-21-4-2-3-14-31-21/h5-12,16-17,21,31H,2-4,13-15,18H2,1H3. The van der Waals surface area contributed by atoms with Crippen molar-refractivity contribution < 1.29 is 23.7 Å². The minimum Gasteiger partial charge on any atom is -0.497 e. The summed E-state index contributed by atoms with van der Waals surface area (Å²) in [5.74, 6) is 2.88. The van der Waals surface area contributed by atoms with Gasteiger partial charge in [-0.05, 0) is 86.0 Å². The third-order valence-electron chi connectivity index (χ3n) is 6.99. The molecule has 0 bridgehead atoms. The highest BCUT2D eigenvalue weighted by Gasteiger charge is 2.24. The van der Waals surface area contributed by atoms with Crippen LogP contribution in [0.4, 0.5) is 0 Å². The van der Waals surface area contributed by atoms with Crippen LogP contribution in [0.1, 0.15) is 41.6 Å². The maximum absolute atomic E-state index is 11.9. The first kappa shape index (κ1) is 23.8. The summed E-state index contributed by atoms with van der Waals surface area (Å²) in [6.07, 6.45) is 4.82. The summed E-state index contributed by atoms with van der Waals surface area (Å²) < 4.78 is 24.2. The highest BCUT2D eigenvalue weighted by molar-refractivity contribution is 7.22. The van der Waals surface area contributed by atoms with Crippen molar-refractivity contribution in [2.75, 3.05) is 20.3 Å². The van der Waals surface area contributed by atoms with Gasteiger partial charge in [0.05, 0.1) is 24.2 Å². The first-order valence-corrected chi connectivity index (χ1v) is 13.5. The summed E-state index contributed by atoms with van der Waals surface area (Å²) in [5, 5.41) is 4.57. The minimum atomic E-state index is -0.267. The van der Waals surface area contributed by atoms with E-state index in [2.05, 4.69) is 5.32 Å². The average Bonchev–Trinajstić information content (AvgIpc) is 3.49. The summed E-state index contributed by atoms with van der Waals surface area (Å²) in [6, 6.07) is 20.2. The minimum absolute atomic E-state index is 0.267. The molecule has 1 saturated heterocycles. The molecule has 1 unspecified atom stereocenters. The maximum atomic E-state index is 11.9. The smallest absolute Gasteiger partial charge is 0.338 e. The number of hydrogen-bond donors (Lipinski definition) is 1. The number of cyclic esters (lactones) is 1. The zero-order chi connectivity index (χ0) is 25.2. The van der Waals surface area contributed by atoms with Crippen LogP contribution in [0.5, 0.6) is 23.0 Å². The van der Waals surface area contributed by atoms with Crippen LogP contribution >= 0.6 is 11.3 Å². The Morgan fingerprint density at radius 3 is 2.65 bits per heavy atom. The average molecular weight is 516 g/mol. The predicted molar refractivity (Wildman–Crippen MR) is 145 cm³/mol. The largest absolute Gasteiger partial charge is 0.497 e. The van der Waals surface area contributed by atoms with Crippen molar-refractivity contribution in [1.82, 2.24) is 5.32 Å². The highest BCUT2D eigenvalue weighted by Crippen LogP contribution is 2.47. The number of carbonyl (C=O) groups is 1. The monoisotopic (exact) mass is 515 g/mol. The van der Waals surface area contributed by atoms with Crippen LogP contribution < -0.4 is 19.5 Å². The van der Waals surface area contributed by atoms with Crippen LogP contribution in [0, 0.1) is 0 Å². The summed E-state index contributed by atoms with van der Waals surface area (Å²) >= 11 is 1.64. The Bertz CT molecular complexity index is 1420. The van der Waals surface area contributed by atoms with E-state index in [0.717, 1.165) is 62.1 Å². The van der Waals surface area contributed by atoms with Gasteiger partial charge in [0, 0.05) is 21.7 Å². The molecule has 0 saturated carbocycles. The third-order valence-corrected chi connectivity index (χ3v) is 8.17. The molecular formula is C30H29NO5S. The van der Waals surface area contributed by atoms with E-state index in [1.54, 1.807) is 18.4 Å². The van der Waals surface area contributed by atoms with E-state index in [1.807, 2.05) is 60.7 Å². The van der Waals surface area contributed by atoms with E-state index < -0.39 is 0 Å². The van der Waals surface area contributed by atoms with Crippen molar-refractivity contribution in [2.24, 2.45) is 0 Å². The number of piperidine rings is 1. The van der Waals surface area contributed by atoms with Crippen LogP contribution in [-0.2, 0) is 11.3 Å². The predicted octanol–water partition coefficient (Wildman–Crippen LogP) is 6.95. The van der Waals surface area contributed by atoms with Gasteiger partial charge in [-0.15, -0.1) is 11.3 Å². The quantitative estimate of drug-likeness (QED) is 0.256. The molecule has 3 aromatic carbocycles. The lowest BCUT2D eigenvalue weighted by atomic mass is 10.0. The van der Waals surface area contributed by atoms with E-state index in [9.17, 15) is 4.79 Å². The van der Waals surface area contributed by atoms with Gasteiger partial charge in [-0.1, -0.05) is 12.5 Å². The second kappa shape index (κ2) is 10.4. The Hall–Kier alpha value is -3.55. The second-order valence-electron chi connectivity index (χ2n) is 9.43. The number of ether oxygens (including phenoxy) is 4. The molecular weight excluding hydrogens is 486 g/mol. The van der Waals surface area contributed by atoms with Crippen molar-refractivity contribution in [3.8, 4) is 33.4 Å². The lowest BCUT2D eigenvalue weighted by Crippen LogP contribution is -2.35. The number of methoxy groups -OCH3 is 1. The van der Waals surface area contributed by atoms with Crippen molar-refractivity contribution >= 4 is 27.4 Å². The Labute approximate surface area is 220 Å². The van der Waals surface area contributed by atoms with E-state index in [0.29, 0.717) is 24.8 Å². The number of nitrogens with one attached hydrogen (secondary N) is 1. The van der Waals surface area contributed by atoms with Gasteiger partial charge in [0.1, 0.15) is 23.9 Å².